The zero-order valence-corrected chi connectivity index (χ0v) is 10.1. The fourth-order valence-electron chi connectivity index (χ4n) is 2.47. The summed E-state index contributed by atoms with van der Waals surface area (Å²) < 4.78 is 39.9. The van der Waals surface area contributed by atoms with E-state index in [1.54, 1.807) is 10.6 Å². The number of halogens is 3. The summed E-state index contributed by atoms with van der Waals surface area (Å²) in [5, 5.41) is 3.36. The van der Waals surface area contributed by atoms with Gasteiger partial charge in [-0.15, -0.1) is 0 Å². The number of hydrogen-bond acceptors (Lipinski definition) is 1. The first-order chi connectivity index (χ1) is 8.88. The molecular formula is C13H11F3N2O. The van der Waals surface area contributed by atoms with Crippen molar-refractivity contribution in [2.24, 2.45) is 0 Å². The highest BCUT2D eigenvalue weighted by atomic mass is 19.4. The maximum Gasteiger partial charge on any atom is 0.416 e. The van der Waals surface area contributed by atoms with Crippen LogP contribution in [0.1, 0.15) is 29.0 Å². The summed E-state index contributed by atoms with van der Waals surface area (Å²) >= 11 is 0. The number of alkyl halides is 3. The van der Waals surface area contributed by atoms with Gasteiger partial charge in [-0.3, -0.25) is 4.79 Å². The summed E-state index contributed by atoms with van der Waals surface area (Å²) in [4.78, 5) is 11.7. The van der Waals surface area contributed by atoms with Crippen LogP contribution in [0.25, 0.3) is 10.9 Å². The van der Waals surface area contributed by atoms with Gasteiger partial charge in [-0.2, -0.15) is 13.2 Å². The topological polar surface area (TPSA) is 34.0 Å². The number of nitrogens with zero attached hydrogens (tertiary/aromatic N) is 1. The number of benzene rings is 1. The lowest BCUT2D eigenvalue weighted by Crippen LogP contribution is -2.37. The standard InChI is InChI=1S/C13H11F3N2O/c1-7-6-17-12(19)11-4-8-2-3-9(13(14,15)16)5-10(8)18(7)11/h2-5,7H,6H2,1H3,(H,17,19). The van der Waals surface area contributed by atoms with Gasteiger partial charge in [0.1, 0.15) is 5.69 Å². The highest BCUT2D eigenvalue weighted by Gasteiger charge is 2.32. The molecule has 1 atom stereocenters. The highest BCUT2D eigenvalue weighted by Crippen LogP contribution is 2.34. The van der Waals surface area contributed by atoms with E-state index in [1.807, 2.05) is 6.92 Å². The van der Waals surface area contributed by atoms with E-state index in [9.17, 15) is 18.0 Å². The first-order valence-corrected chi connectivity index (χ1v) is 5.88. The molecule has 1 amide bonds. The minimum atomic E-state index is -4.38. The monoisotopic (exact) mass is 268 g/mol. The Morgan fingerprint density at radius 2 is 2.05 bits per heavy atom. The molecule has 0 saturated carbocycles. The number of fused-ring (bicyclic) bond motifs is 3. The third kappa shape index (κ3) is 1.78. The smallest absolute Gasteiger partial charge is 0.349 e. The lowest BCUT2D eigenvalue weighted by atomic mass is 10.1. The van der Waals surface area contributed by atoms with Crippen LogP contribution in [-0.2, 0) is 6.18 Å². The van der Waals surface area contributed by atoms with Crippen LogP contribution in [0.15, 0.2) is 24.3 Å². The molecule has 1 aliphatic rings. The minimum absolute atomic E-state index is 0.0614. The van der Waals surface area contributed by atoms with Crippen LogP contribution in [0, 0.1) is 0 Å². The van der Waals surface area contributed by atoms with Gasteiger partial charge < -0.3 is 9.88 Å². The summed E-state index contributed by atoms with van der Waals surface area (Å²) in [6.45, 7) is 2.29. The van der Waals surface area contributed by atoms with E-state index in [0.717, 1.165) is 12.1 Å². The molecule has 0 aliphatic carbocycles. The Bertz CT molecular complexity index is 672. The molecule has 0 radical (unpaired) electrons. The Hall–Kier alpha value is -1.98. The Balaban J connectivity index is 2.28. The van der Waals surface area contributed by atoms with E-state index in [4.69, 9.17) is 0 Å². The van der Waals surface area contributed by atoms with E-state index < -0.39 is 11.7 Å². The van der Waals surface area contributed by atoms with Gasteiger partial charge in [-0.25, -0.2) is 0 Å². The van der Waals surface area contributed by atoms with Crippen LogP contribution in [0.4, 0.5) is 13.2 Å². The van der Waals surface area contributed by atoms with Gasteiger partial charge >= 0.3 is 6.18 Å². The second-order valence-electron chi connectivity index (χ2n) is 4.73. The van der Waals surface area contributed by atoms with E-state index >= 15 is 0 Å². The molecule has 19 heavy (non-hydrogen) atoms. The SMILES string of the molecule is CC1CNC(=O)c2cc3ccc(C(F)(F)F)cc3n21. The second-order valence-corrected chi connectivity index (χ2v) is 4.73. The average Bonchev–Trinajstić information content (AvgIpc) is 2.72. The fraction of sp³-hybridized carbons (Fsp3) is 0.308. The van der Waals surface area contributed by atoms with Crippen molar-refractivity contribution >= 4 is 16.8 Å². The van der Waals surface area contributed by atoms with Gasteiger partial charge in [0.15, 0.2) is 0 Å². The molecule has 0 bridgehead atoms. The van der Waals surface area contributed by atoms with Crippen molar-refractivity contribution in [1.82, 2.24) is 9.88 Å². The molecule has 2 heterocycles. The summed E-state index contributed by atoms with van der Waals surface area (Å²) in [5.74, 6) is -0.247. The largest absolute Gasteiger partial charge is 0.416 e. The number of hydrogen-bond donors (Lipinski definition) is 1. The molecule has 100 valence electrons. The first-order valence-electron chi connectivity index (χ1n) is 5.88. The molecule has 0 saturated heterocycles. The molecule has 3 nitrogen and oxygen atoms in total. The normalized spacial score (nSPS) is 19.4. The van der Waals surface area contributed by atoms with Crippen molar-refractivity contribution in [2.45, 2.75) is 19.1 Å². The van der Waals surface area contributed by atoms with E-state index in [2.05, 4.69) is 5.32 Å². The van der Waals surface area contributed by atoms with E-state index in [0.29, 0.717) is 23.1 Å². The summed E-state index contributed by atoms with van der Waals surface area (Å²) in [7, 11) is 0. The van der Waals surface area contributed by atoms with Crippen molar-refractivity contribution in [2.75, 3.05) is 6.54 Å². The van der Waals surface area contributed by atoms with Crippen LogP contribution in [0.2, 0.25) is 0 Å². The highest BCUT2D eigenvalue weighted by molar-refractivity contribution is 5.99. The summed E-state index contributed by atoms with van der Waals surface area (Å²) in [5.41, 5.74) is 0.166. The number of rotatable bonds is 0. The van der Waals surface area contributed by atoms with Crippen LogP contribution < -0.4 is 5.32 Å². The predicted molar refractivity (Wildman–Crippen MR) is 64.0 cm³/mol. The van der Waals surface area contributed by atoms with Crippen LogP contribution in [0.5, 0.6) is 0 Å². The van der Waals surface area contributed by atoms with Crippen molar-refractivity contribution in [3.05, 3.63) is 35.5 Å². The van der Waals surface area contributed by atoms with Crippen molar-refractivity contribution in [3.8, 4) is 0 Å². The number of amides is 1. The molecule has 2 aromatic rings. The number of nitrogens with one attached hydrogen (secondary N) is 1. The zero-order valence-electron chi connectivity index (χ0n) is 10.1. The molecule has 6 heteroatoms. The van der Waals surface area contributed by atoms with E-state index in [-0.39, 0.29) is 11.9 Å². The number of carbonyl (C=O) groups is 1. The maximum atomic E-state index is 12.7. The van der Waals surface area contributed by atoms with Gasteiger partial charge in [0.25, 0.3) is 5.91 Å². The van der Waals surface area contributed by atoms with Crippen LogP contribution in [-0.4, -0.2) is 17.0 Å². The lowest BCUT2D eigenvalue weighted by molar-refractivity contribution is -0.137. The first kappa shape index (κ1) is 12.1. The van der Waals surface area contributed by atoms with Crippen molar-refractivity contribution in [1.29, 1.82) is 0 Å². The van der Waals surface area contributed by atoms with Gasteiger partial charge in [-0.1, -0.05) is 6.07 Å². The fourth-order valence-corrected chi connectivity index (χ4v) is 2.47. The number of carbonyl (C=O) groups excluding carboxylic acids is 1. The molecule has 1 aromatic carbocycles. The van der Waals surface area contributed by atoms with Crippen LogP contribution >= 0.6 is 0 Å². The quantitative estimate of drug-likeness (QED) is 0.783. The lowest BCUT2D eigenvalue weighted by Gasteiger charge is -2.24. The van der Waals surface area contributed by atoms with Gasteiger partial charge in [-0.05, 0) is 25.1 Å². The van der Waals surface area contributed by atoms with Gasteiger partial charge in [0, 0.05) is 23.5 Å². The van der Waals surface area contributed by atoms with Crippen molar-refractivity contribution in [3.63, 3.8) is 0 Å². The second kappa shape index (κ2) is 3.76. The third-order valence-electron chi connectivity index (χ3n) is 3.40. The maximum absolute atomic E-state index is 12.7. The number of aromatic nitrogens is 1. The molecule has 1 aromatic heterocycles. The molecular weight excluding hydrogens is 257 g/mol. The third-order valence-corrected chi connectivity index (χ3v) is 3.40. The Kier molecular flexibility index (Phi) is 2.39. The zero-order chi connectivity index (χ0) is 13.8. The summed E-state index contributed by atoms with van der Waals surface area (Å²) in [6.07, 6.45) is -4.38. The Labute approximate surface area is 107 Å². The van der Waals surface area contributed by atoms with Crippen LogP contribution in [0.3, 0.4) is 0 Å². The summed E-state index contributed by atoms with van der Waals surface area (Å²) in [6, 6.07) is 5.11. The predicted octanol–water partition coefficient (Wildman–Crippen LogP) is 2.96. The average molecular weight is 268 g/mol. The molecule has 0 spiro atoms. The molecule has 3 rings (SSSR count). The van der Waals surface area contributed by atoms with Gasteiger partial charge in [0.05, 0.1) is 5.56 Å². The molecule has 1 unspecified atom stereocenters. The van der Waals surface area contributed by atoms with Gasteiger partial charge in [0.2, 0.25) is 0 Å². The van der Waals surface area contributed by atoms with E-state index in [1.165, 1.54) is 6.07 Å². The Morgan fingerprint density at radius 3 is 2.74 bits per heavy atom. The minimum Gasteiger partial charge on any atom is -0.349 e. The molecule has 1 aliphatic heterocycles. The molecule has 0 fully saturated rings. The Morgan fingerprint density at radius 1 is 1.32 bits per heavy atom. The molecule has 1 N–H and O–H groups in total. The van der Waals surface area contributed by atoms with Crippen molar-refractivity contribution < 1.29 is 18.0 Å².